The number of fused-ring (bicyclic) bond motifs is 3. The highest BCUT2D eigenvalue weighted by atomic mass is 35.5. The van der Waals surface area contributed by atoms with Gasteiger partial charge in [0.05, 0.1) is 45.7 Å². The molecule has 630 valence electrons. The molecule has 13 rings (SSSR count). The second-order valence-corrected chi connectivity index (χ2v) is 31.5. The Morgan fingerprint density at radius 3 is 1.14 bits per heavy atom. The second-order valence-electron chi connectivity index (χ2n) is 30.8. The number of alkyl halides is 1. The summed E-state index contributed by atoms with van der Waals surface area (Å²) in [5, 5.41) is 9.31. The number of halogens is 6. The van der Waals surface area contributed by atoms with Crippen LogP contribution in [0.2, 0.25) is 5.15 Å². The van der Waals surface area contributed by atoms with E-state index in [1.165, 1.54) is 74.2 Å². The Labute approximate surface area is 700 Å². The number of amides is 4. The fourth-order valence-electron chi connectivity index (χ4n) is 10.4. The highest BCUT2D eigenvalue weighted by molar-refractivity contribution is 6.30. The summed E-state index contributed by atoms with van der Waals surface area (Å²) in [6, 6.07) is 38.6. The Bertz CT molecular complexity index is 5720. The molecule has 0 radical (unpaired) electrons. The first kappa shape index (κ1) is 92.1. The third-order valence-corrected chi connectivity index (χ3v) is 15.9. The number of ketones is 1. The van der Waals surface area contributed by atoms with Gasteiger partial charge in [0.25, 0.3) is 0 Å². The molecule has 0 saturated carbocycles. The molecule has 0 unspecified atom stereocenters. The standard InChI is InChI=1S/C29H33FN6O4.C21H27ClN4O4.C19H17FN6.C8H7FN2.C5H5FN2.C3H5ClO/c1-17-9-12-20(13-10-17)32-25-33-21(24-18(2)31-22-14-11-19(30)16-35(22)24)15-23(34-25)36(26(37)39-28(3,4)5)27(38)40-29(6,7)8;1-13-8-10-14(11-9-13)23-17-24-15(22)12-16(25-17)26(18(27)29-20(2,3)4)19(28)30-21(5,6)7;1-11-3-6-14(7-4-11)23-19-24-15(9-16(21)25-19)18-12(2)22-17-8-5-13(20)10-26(17)18;1-6-4-11-5-7(9)2-3-8(11)10-6;6-4-1-2-8-5(7)3-4;1-3(5)2-4/h9-16H,1-8H3,(H,32,33,34);8-12H,1-7H3,(H,23,24,25);3-10H,1-2H3,(H3,21,23,24,25);2-5H,1H3;1-3H,(H2,7,8);2H2,1H3. The van der Waals surface area contributed by atoms with Crippen molar-refractivity contribution in [2.75, 3.05) is 43.1 Å². The maximum absolute atomic E-state index is 14.3. The quantitative estimate of drug-likeness (QED) is 0.0347. The number of imidazole rings is 3. The summed E-state index contributed by atoms with van der Waals surface area (Å²) < 4.78 is 79.3. The molecule has 4 amide bonds. The van der Waals surface area contributed by atoms with E-state index in [1.807, 2.05) is 107 Å². The maximum atomic E-state index is 14.3. The van der Waals surface area contributed by atoms with Crippen LogP contribution in [0.5, 0.6) is 0 Å². The number of hydrogen-bond donors (Lipinski definition) is 5. The zero-order valence-electron chi connectivity index (χ0n) is 69.7. The average Bonchev–Trinajstić information content (AvgIpc) is 1.51. The minimum Gasteiger partial charge on any atom is -0.443 e. The number of pyridine rings is 4. The molecule has 13 aromatic rings. The molecule has 7 N–H and O–H groups in total. The van der Waals surface area contributed by atoms with Crippen LogP contribution in [0.25, 0.3) is 39.7 Å². The van der Waals surface area contributed by atoms with E-state index in [0.717, 1.165) is 50.0 Å². The number of carbonyl (C=O) groups is 5. The molecule has 0 aliphatic heterocycles. The van der Waals surface area contributed by atoms with Gasteiger partial charge in [-0.15, -0.1) is 11.6 Å². The number of nitrogens with one attached hydrogen (secondary N) is 3. The number of aromatic nitrogens is 13. The lowest BCUT2D eigenvalue weighted by Gasteiger charge is -2.28. The number of nitrogen functional groups attached to an aromatic ring is 2. The molecule has 0 fully saturated rings. The summed E-state index contributed by atoms with van der Waals surface area (Å²) in [7, 11) is 0. The molecular formula is C85H94Cl2F4N20O9. The Hall–Kier alpha value is -13.4. The Balaban J connectivity index is 0.000000199. The lowest BCUT2D eigenvalue weighted by atomic mass is 10.2. The van der Waals surface area contributed by atoms with Crippen molar-refractivity contribution in [3.8, 4) is 22.8 Å². The zero-order valence-corrected chi connectivity index (χ0v) is 71.2. The van der Waals surface area contributed by atoms with E-state index in [0.29, 0.717) is 56.4 Å². The third-order valence-electron chi connectivity index (χ3n) is 15.3. The van der Waals surface area contributed by atoms with Gasteiger partial charge in [-0.05, 0) is 210 Å². The number of Topliss-reactive ketones (excluding diaryl/α,β-unsaturated/α-hetero) is 1. The van der Waals surface area contributed by atoms with Gasteiger partial charge < -0.3 is 50.8 Å². The van der Waals surface area contributed by atoms with Crippen LogP contribution in [-0.2, 0) is 23.7 Å². The number of nitrogens with two attached hydrogens (primary N) is 2. The van der Waals surface area contributed by atoms with Gasteiger partial charge in [-0.25, -0.2) is 71.6 Å². The molecule has 0 aliphatic rings. The fraction of sp³-hybridized carbons (Fsp3) is 0.282. The monoisotopic (exact) mass is 1680 g/mol. The minimum absolute atomic E-state index is 0.0201. The van der Waals surface area contributed by atoms with Gasteiger partial charge in [0, 0.05) is 72.3 Å². The van der Waals surface area contributed by atoms with Crippen molar-refractivity contribution in [1.29, 1.82) is 0 Å². The summed E-state index contributed by atoms with van der Waals surface area (Å²) in [6.07, 6.45) is 3.37. The van der Waals surface area contributed by atoms with Crippen LogP contribution in [0.15, 0.2) is 171 Å². The number of anilines is 10. The van der Waals surface area contributed by atoms with Crippen LogP contribution in [0, 0.1) is 64.8 Å². The van der Waals surface area contributed by atoms with Gasteiger partial charge in [0.2, 0.25) is 17.8 Å². The molecule has 120 heavy (non-hydrogen) atoms. The van der Waals surface area contributed by atoms with Crippen molar-refractivity contribution in [1.82, 2.24) is 63.0 Å². The summed E-state index contributed by atoms with van der Waals surface area (Å²) in [5.41, 5.74) is 19.2. The number of rotatable bonds is 11. The van der Waals surface area contributed by atoms with Gasteiger partial charge in [0.1, 0.15) is 85.2 Å². The molecular weight excluding hydrogens is 1590 g/mol. The molecule has 10 heterocycles. The van der Waals surface area contributed by atoms with Gasteiger partial charge in [0.15, 0.2) is 11.6 Å². The van der Waals surface area contributed by atoms with Crippen molar-refractivity contribution in [2.24, 2.45) is 0 Å². The second kappa shape index (κ2) is 39.7. The highest BCUT2D eigenvalue weighted by Gasteiger charge is 2.37. The number of benzene rings is 3. The van der Waals surface area contributed by atoms with Crippen molar-refractivity contribution in [3.63, 3.8) is 0 Å². The van der Waals surface area contributed by atoms with Gasteiger partial charge in [-0.2, -0.15) is 24.8 Å². The first-order valence-electron chi connectivity index (χ1n) is 37.1. The predicted octanol–water partition coefficient (Wildman–Crippen LogP) is 20.1. The van der Waals surface area contributed by atoms with Crippen LogP contribution in [0.4, 0.5) is 94.9 Å². The van der Waals surface area contributed by atoms with E-state index in [1.54, 1.807) is 134 Å². The number of hydrogen-bond acceptors (Lipinski definition) is 24. The van der Waals surface area contributed by atoms with E-state index in [4.69, 9.17) is 53.6 Å². The summed E-state index contributed by atoms with van der Waals surface area (Å²) in [5.74, 6) is -0.340. The van der Waals surface area contributed by atoms with Gasteiger partial charge in [-0.1, -0.05) is 64.7 Å². The minimum atomic E-state index is -0.978. The van der Waals surface area contributed by atoms with Crippen LogP contribution in [0.3, 0.4) is 0 Å². The van der Waals surface area contributed by atoms with Gasteiger partial charge in [-0.3, -0.25) is 13.6 Å². The number of ether oxygens (including phenoxy) is 4. The number of imide groups is 2. The summed E-state index contributed by atoms with van der Waals surface area (Å²) in [6.45, 7) is 33.1. The van der Waals surface area contributed by atoms with E-state index in [9.17, 15) is 41.5 Å². The zero-order chi connectivity index (χ0) is 88.5. The smallest absolute Gasteiger partial charge is 0.425 e. The highest BCUT2D eigenvalue weighted by Crippen LogP contribution is 2.33. The SMILES string of the molecule is CC(=O)CCl.Cc1ccc(Nc2nc(-c3c(C)nc4ccc(F)cn34)cc(N(C(=O)OC(C)(C)C)C(=O)OC(C)(C)C)n2)cc1.Cc1ccc(Nc2nc(Cl)cc(N(C(=O)OC(C)(C)C)C(=O)OC(C)(C)C)n2)cc1.Cc1ccc(Nc2nc(N)cc(-c3c(C)nc4ccc(F)cn34)n2)cc1.Cc1cn2cc(F)ccc2n1.Nc1cc(F)ccn1. The van der Waals surface area contributed by atoms with E-state index >= 15 is 0 Å². The first-order chi connectivity index (χ1) is 56.1. The van der Waals surface area contributed by atoms with Crippen LogP contribution >= 0.6 is 23.2 Å². The van der Waals surface area contributed by atoms with Crippen molar-refractivity contribution >= 4 is 128 Å². The number of carbonyl (C=O) groups excluding carboxylic acids is 5. The first-order valence-corrected chi connectivity index (χ1v) is 38.0. The van der Waals surface area contributed by atoms with Crippen molar-refractivity contribution in [3.05, 3.63) is 233 Å². The molecule has 0 aliphatic carbocycles. The van der Waals surface area contributed by atoms with Crippen LogP contribution < -0.4 is 37.2 Å². The lowest BCUT2D eigenvalue weighted by Crippen LogP contribution is -2.44. The van der Waals surface area contributed by atoms with E-state index in [2.05, 4.69) is 65.8 Å². The maximum Gasteiger partial charge on any atom is 0.425 e. The van der Waals surface area contributed by atoms with Crippen LogP contribution in [0.1, 0.15) is 124 Å². The van der Waals surface area contributed by atoms with Crippen LogP contribution in [-0.4, -0.2) is 121 Å². The Kier molecular flexibility index (Phi) is 30.4. The Morgan fingerprint density at radius 2 is 0.775 bits per heavy atom. The molecule has 35 heteroatoms. The van der Waals surface area contributed by atoms with E-state index < -0.39 is 52.6 Å². The van der Waals surface area contributed by atoms with Crippen molar-refractivity contribution < 1.29 is 60.5 Å². The number of nitrogens with zero attached hydrogens (tertiary/aromatic N) is 15. The van der Waals surface area contributed by atoms with Crippen molar-refractivity contribution in [2.45, 2.75) is 154 Å². The number of aryl methyl sites for hydroxylation is 6. The van der Waals surface area contributed by atoms with Gasteiger partial charge >= 0.3 is 24.4 Å². The fourth-order valence-corrected chi connectivity index (χ4v) is 10.6. The normalized spacial score (nSPS) is 11.1. The average molecular weight is 1690 g/mol. The summed E-state index contributed by atoms with van der Waals surface area (Å²) in [4.78, 5) is 106. The molecule has 0 atom stereocenters. The largest absolute Gasteiger partial charge is 0.443 e. The molecule has 3 aromatic carbocycles. The third kappa shape index (κ3) is 28.2. The lowest BCUT2D eigenvalue weighted by molar-refractivity contribution is -0.114. The molecule has 10 aromatic heterocycles. The Morgan fingerprint density at radius 1 is 0.417 bits per heavy atom. The molecule has 0 bridgehead atoms. The molecule has 29 nitrogen and oxygen atoms in total. The van der Waals surface area contributed by atoms with E-state index in [-0.39, 0.29) is 69.3 Å². The summed E-state index contributed by atoms with van der Waals surface area (Å²) >= 11 is 11.1. The molecule has 0 saturated heterocycles. The molecule has 0 spiro atoms. The topological polar surface area (TPSA) is 359 Å². The predicted molar refractivity (Wildman–Crippen MR) is 456 cm³/mol.